The Labute approximate surface area is 143 Å². The molecule has 1 amide bonds. The summed E-state index contributed by atoms with van der Waals surface area (Å²) < 4.78 is 38.7. The highest BCUT2D eigenvalue weighted by Crippen LogP contribution is 2.34. The normalized spacial score (nSPS) is 11.8. The quantitative estimate of drug-likeness (QED) is 0.782. The van der Waals surface area contributed by atoms with E-state index in [1.807, 2.05) is 13.8 Å². The topological polar surface area (TPSA) is 42.0 Å². The SMILES string of the molecule is CCCNC(=O)c1c(SCC)nc2cc(C(F)(F)F)ccc2c1C. The minimum absolute atomic E-state index is 0.236. The Bertz CT molecular complexity index is 760. The minimum atomic E-state index is -4.42. The molecule has 2 rings (SSSR count). The number of aromatic nitrogens is 1. The molecular weight excluding hydrogens is 337 g/mol. The van der Waals surface area contributed by atoms with E-state index in [1.165, 1.54) is 17.8 Å². The van der Waals surface area contributed by atoms with Crippen LogP contribution in [0.4, 0.5) is 13.2 Å². The van der Waals surface area contributed by atoms with Crippen molar-refractivity contribution in [1.82, 2.24) is 10.3 Å². The predicted octanol–water partition coefficient (Wildman–Crippen LogP) is 4.81. The van der Waals surface area contributed by atoms with Gasteiger partial charge >= 0.3 is 6.18 Å². The number of pyridine rings is 1. The van der Waals surface area contributed by atoms with Crippen LogP contribution < -0.4 is 5.32 Å². The molecule has 0 aliphatic heterocycles. The average Bonchev–Trinajstić information content (AvgIpc) is 2.52. The van der Waals surface area contributed by atoms with Gasteiger partial charge in [0.2, 0.25) is 0 Å². The zero-order chi connectivity index (χ0) is 17.9. The maximum Gasteiger partial charge on any atom is 0.416 e. The van der Waals surface area contributed by atoms with Gasteiger partial charge in [0, 0.05) is 11.9 Å². The van der Waals surface area contributed by atoms with Gasteiger partial charge in [-0.1, -0.05) is 19.9 Å². The molecule has 0 bridgehead atoms. The van der Waals surface area contributed by atoms with Crippen molar-refractivity contribution in [2.24, 2.45) is 0 Å². The van der Waals surface area contributed by atoms with Crippen molar-refractivity contribution in [3.63, 3.8) is 0 Å². The van der Waals surface area contributed by atoms with Gasteiger partial charge in [-0.15, -0.1) is 11.8 Å². The van der Waals surface area contributed by atoms with Gasteiger partial charge in [-0.2, -0.15) is 13.2 Å². The highest BCUT2D eigenvalue weighted by Gasteiger charge is 2.31. The summed E-state index contributed by atoms with van der Waals surface area (Å²) in [7, 11) is 0. The van der Waals surface area contributed by atoms with Crippen molar-refractivity contribution in [3.05, 3.63) is 34.9 Å². The Balaban J connectivity index is 2.63. The molecule has 0 radical (unpaired) electrons. The van der Waals surface area contributed by atoms with Crippen LogP contribution in [0.3, 0.4) is 0 Å². The van der Waals surface area contributed by atoms with E-state index in [-0.39, 0.29) is 11.4 Å². The van der Waals surface area contributed by atoms with Crippen molar-refractivity contribution in [2.75, 3.05) is 12.3 Å². The lowest BCUT2D eigenvalue weighted by atomic mass is 10.0. The number of nitrogens with one attached hydrogen (secondary N) is 1. The first kappa shape index (κ1) is 18.6. The molecule has 2 aromatic rings. The Morgan fingerprint density at radius 2 is 2.00 bits per heavy atom. The number of hydrogen-bond acceptors (Lipinski definition) is 3. The fourth-order valence-electron chi connectivity index (χ4n) is 2.41. The summed E-state index contributed by atoms with van der Waals surface area (Å²) >= 11 is 1.35. The predicted molar refractivity (Wildman–Crippen MR) is 90.5 cm³/mol. The third-order valence-electron chi connectivity index (χ3n) is 3.58. The second-order valence-electron chi connectivity index (χ2n) is 5.34. The smallest absolute Gasteiger partial charge is 0.352 e. The number of amides is 1. The van der Waals surface area contributed by atoms with Crippen LogP contribution in [0.1, 0.15) is 41.8 Å². The van der Waals surface area contributed by atoms with Crippen LogP contribution >= 0.6 is 11.8 Å². The van der Waals surface area contributed by atoms with Gasteiger partial charge in [0.05, 0.1) is 16.6 Å². The number of benzene rings is 1. The Kier molecular flexibility index (Phi) is 5.74. The molecule has 1 aromatic carbocycles. The maximum atomic E-state index is 12.9. The Hall–Kier alpha value is -1.76. The number of rotatable bonds is 5. The van der Waals surface area contributed by atoms with Crippen molar-refractivity contribution >= 4 is 28.6 Å². The third-order valence-corrected chi connectivity index (χ3v) is 4.44. The summed E-state index contributed by atoms with van der Waals surface area (Å²) in [4.78, 5) is 16.8. The van der Waals surface area contributed by atoms with Gasteiger partial charge < -0.3 is 5.32 Å². The number of hydrogen-bond donors (Lipinski definition) is 1. The molecule has 0 atom stereocenters. The summed E-state index contributed by atoms with van der Waals surface area (Å²) in [6.07, 6.45) is -3.62. The molecule has 1 N–H and O–H groups in total. The lowest BCUT2D eigenvalue weighted by molar-refractivity contribution is -0.137. The van der Waals surface area contributed by atoms with E-state index in [4.69, 9.17) is 0 Å². The van der Waals surface area contributed by atoms with Crippen LogP contribution in [0.2, 0.25) is 0 Å². The van der Waals surface area contributed by atoms with E-state index in [0.29, 0.717) is 33.8 Å². The van der Waals surface area contributed by atoms with Crippen molar-refractivity contribution in [2.45, 2.75) is 38.4 Å². The number of carbonyl (C=O) groups is 1. The fraction of sp³-hybridized carbons (Fsp3) is 0.412. The first-order valence-corrected chi connectivity index (χ1v) is 8.70. The van der Waals surface area contributed by atoms with Crippen molar-refractivity contribution < 1.29 is 18.0 Å². The molecule has 130 valence electrons. The number of alkyl halides is 3. The number of nitrogens with zero attached hydrogens (tertiary/aromatic N) is 1. The van der Waals surface area contributed by atoms with E-state index in [9.17, 15) is 18.0 Å². The van der Waals surface area contributed by atoms with Gasteiger partial charge in [-0.25, -0.2) is 4.98 Å². The summed E-state index contributed by atoms with van der Waals surface area (Å²) in [6, 6.07) is 3.45. The highest BCUT2D eigenvalue weighted by molar-refractivity contribution is 7.99. The number of fused-ring (bicyclic) bond motifs is 1. The maximum absolute atomic E-state index is 12.9. The largest absolute Gasteiger partial charge is 0.416 e. The number of aryl methyl sites for hydroxylation is 1. The average molecular weight is 356 g/mol. The zero-order valence-corrected chi connectivity index (χ0v) is 14.6. The van der Waals surface area contributed by atoms with E-state index in [0.717, 1.165) is 18.6 Å². The van der Waals surface area contributed by atoms with E-state index >= 15 is 0 Å². The Morgan fingerprint density at radius 3 is 2.58 bits per heavy atom. The van der Waals surface area contributed by atoms with Crippen LogP contribution in [0, 0.1) is 6.92 Å². The number of carbonyl (C=O) groups excluding carboxylic acids is 1. The molecule has 0 unspecified atom stereocenters. The fourth-order valence-corrected chi connectivity index (χ4v) is 3.24. The molecule has 0 spiro atoms. The summed E-state index contributed by atoms with van der Waals surface area (Å²) in [6.45, 7) is 6.15. The second kappa shape index (κ2) is 7.42. The molecule has 0 fully saturated rings. The molecule has 0 aliphatic carbocycles. The van der Waals surface area contributed by atoms with Gasteiger partial charge in [0.15, 0.2) is 0 Å². The lowest BCUT2D eigenvalue weighted by Crippen LogP contribution is -2.26. The van der Waals surface area contributed by atoms with E-state index < -0.39 is 11.7 Å². The first-order valence-electron chi connectivity index (χ1n) is 7.72. The zero-order valence-electron chi connectivity index (χ0n) is 13.8. The van der Waals surface area contributed by atoms with E-state index in [2.05, 4.69) is 10.3 Å². The number of thioether (sulfide) groups is 1. The summed E-state index contributed by atoms with van der Waals surface area (Å²) in [5.74, 6) is 0.435. The van der Waals surface area contributed by atoms with Gasteiger partial charge in [0.25, 0.3) is 5.91 Å². The molecule has 0 saturated carbocycles. The molecule has 3 nitrogen and oxygen atoms in total. The van der Waals surface area contributed by atoms with Crippen LogP contribution in [0.15, 0.2) is 23.2 Å². The molecule has 1 aromatic heterocycles. The lowest BCUT2D eigenvalue weighted by Gasteiger charge is -2.15. The molecule has 24 heavy (non-hydrogen) atoms. The first-order chi connectivity index (χ1) is 11.3. The highest BCUT2D eigenvalue weighted by atomic mass is 32.2. The molecular formula is C17H19F3N2OS. The molecule has 7 heteroatoms. The van der Waals surface area contributed by atoms with Crippen LogP contribution in [0.5, 0.6) is 0 Å². The second-order valence-corrected chi connectivity index (χ2v) is 6.59. The summed E-state index contributed by atoms with van der Waals surface area (Å²) in [5, 5.41) is 3.84. The molecule has 0 saturated heterocycles. The van der Waals surface area contributed by atoms with Crippen LogP contribution in [-0.4, -0.2) is 23.2 Å². The van der Waals surface area contributed by atoms with Gasteiger partial charge in [-0.3, -0.25) is 4.79 Å². The van der Waals surface area contributed by atoms with Crippen molar-refractivity contribution in [3.8, 4) is 0 Å². The summed E-state index contributed by atoms with van der Waals surface area (Å²) in [5.41, 5.74) is 0.615. The Morgan fingerprint density at radius 1 is 1.29 bits per heavy atom. The standard InChI is InChI=1S/C17H19F3N2OS/c1-4-8-21-15(23)14-10(3)12-7-6-11(17(18,19)20)9-13(12)22-16(14)24-5-2/h6-7,9H,4-5,8H2,1-3H3,(H,21,23). The minimum Gasteiger partial charge on any atom is -0.352 e. The number of halogens is 3. The molecule has 0 aliphatic rings. The van der Waals surface area contributed by atoms with Gasteiger partial charge in [0.1, 0.15) is 5.03 Å². The van der Waals surface area contributed by atoms with Crippen molar-refractivity contribution in [1.29, 1.82) is 0 Å². The monoisotopic (exact) mass is 356 g/mol. The van der Waals surface area contributed by atoms with E-state index in [1.54, 1.807) is 6.92 Å². The van der Waals surface area contributed by atoms with Crippen LogP contribution in [0.25, 0.3) is 10.9 Å². The van der Waals surface area contributed by atoms with Gasteiger partial charge in [-0.05, 0) is 36.8 Å². The molecule has 1 heterocycles. The van der Waals surface area contributed by atoms with Crippen LogP contribution in [-0.2, 0) is 6.18 Å². The third kappa shape index (κ3) is 3.83.